The molecule has 0 bridgehead atoms. The molecular weight excluding hydrogens is 256 g/mol. The number of hydrogen-bond donors (Lipinski definition) is 2. The van der Waals surface area contributed by atoms with Gasteiger partial charge in [-0.2, -0.15) is 0 Å². The summed E-state index contributed by atoms with van der Waals surface area (Å²) in [6.07, 6.45) is 7.23. The number of nitrogens with one attached hydrogen (secondary N) is 1. The van der Waals surface area contributed by atoms with Crippen molar-refractivity contribution in [2.75, 3.05) is 19.6 Å². The van der Waals surface area contributed by atoms with E-state index in [2.05, 4.69) is 12.2 Å². The van der Waals surface area contributed by atoms with Crippen LogP contribution in [-0.2, 0) is 4.79 Å². The SMILES string of the molecule is CCCC1(CNC(=O)N2CCC(C(=O)O)CC2)CCC1. The Morgan fingerprint density at radius 2 is 1.95 bits per heavy atom. The number of carboxylic acids is 1. The van der Waals surface area contributed by atoms with Crippen molar-refractivity contribution in [1.29, 1.82) is 0 Å². The highest BCUT2D eigenvalue weighted by atomic mass is 16.4. The largest absolute Gasteiger partial charge is 0.481 e. The molecule has 2 amide bonds. The minimum absolute atomic E-state index is 0.0174. The molecule has 1 aliphatic carbocycles. The number of rotatable bonds is 5. The maximum Gasteiger partial charge on any atom is 0.317 e. The quantitative estimate of drug-likeness (QED) is 0.814. The summed E-state index contributed by atoms with van der Waals surface area (Å²) in [7, 11) is 0. The van der Waals surface area contributed by atoms with Gasteiger partial charge in [-0.25, -0.2) is 4.79 Å². The number of amides is 2. The van der Waals surface area contributed by atoms with Crippen molar-refractivity contribution in [3.05, 3.63) is 0 Å². The van der Waals surface area contributed by atoms with Crippen molar-refractivity contribution in [2.24, 2.45) is 11.3 Å². The van der Waals surface area contributed by atoms with E-state index in [1.54, 1.807) is 4.90 Å². The molecule has 114 valence electrons. The monoisotopic (exact) mass is 282 g/mol. The Bertz CT molecular complexity index is 358. The van der Waals surface area contributed by atoms with E-state index in [0.29, 0.717) is 31.3 Å². The third kappa shape index (κ3) is 3.44. The van der Waals surface area contributed by atoms with Crippen LogP contribution in [0.25, 0.3) is 0 Å². The third-order valence-electron chi connectivity index (χ3n) is 4.94. The van der Waals surface area contributed by atoms with Crippen LogP contribution < -0.4 is 5.32 Å². The maximum absolute atomic E-state index is 12.1. The van der Waals surface area contributed by atoms with Crippen molar-refractivity contribution >= 4 is 12.0 Å². The molecular formula is C15H26N2O3. The molecule has 1 aliphatic heterocycles. The molecule has 0 aromatic rings. The van der Waals surface area contributed by atoms with E-state index in [1.807, 2.05) is 0 Å². The molecule has 2 fully saturated rings. The number of carbonyl (C=O) groups excluding carboxylic acids is 1. The molecule has 2 N–H and O–H groups in total. The summed E-state index contributed by atoms with van der Waals surface area (Å²) >= 11 is 0. The lowest BCUT2D eigenvalue weighted by atomic mass is 9.66. The summed E-state index contributed by atoms with van der Waals surface area (Å²) in [5.74, 6) is -1.02. The van der Waals surface area contributed by atoms with Crippen molar-refractivity contribution in [2.45, 2.75) is 51.9 Å². The van der Waals surface area contributed by atoms with Gasteiger partial charge in [0.1, 0.15) is 0 Å². The molecule has 20 heavy (non-hydrogen) atoms. The van der Waals surface area contributed by atoms with Crippen LogP contribution in [-0.4, -0.2) is 41.6 Å². The summed E-state index contributed by atoms with van der Waals surface area (Å²) in [6, 6.07) is -0.0174. The Morgan fingerprint density at radius 3 is 2.40 bits per heavy atom. The molecule has 0 atom stereocenters. The van der Waals surface area contributed by atoms with Crippen LogP contribution in [0.5, 0.6) is 0 Å². The van der Waals surface area contributed by atoms with Gasteiger partial charge in [0.15, 0.2) is 0 Å². The zero-order valence-electron chi connectivity index (χ0n) is 12.4. The van der Waals surface area contributed by atoms with E-state index < -0.39 is 5.97 Å². The van der Waals surface area contributed by atoms with E-state index in [-0.39, 0.29) is 11.9 Å². The topological polar surface area (TPSA) is 69.6 Å². The molecule has 0 unspecified atom stereocenters. The van der Waals surface area contributed by atoms with Gasteiger partial charge in [-0.05, 0) is 37.5 Å². The van der Waals surface area contributed by atoms with Crippen molar-refractivity contribution in [3.63, 3.8) is 0 Å². The highest BCUT2D eigenvalue weighted by Crippen LogP contribution is 2.44. The van der Waals surface area contributed by atoms with Crippen molar-refractivity contribution in [3.8, 4) is 0 Å². The molecule has 0 radical (unpaired) electrons. The average Bonchev–Trinajstić information content (AvgIpc) is 2.41. The molecule has 0 aromatic carbocycles. The van der Waals surface area contributed by atoms with Crippen LogP contribution in [0.4, 0.5) is 4.79 Å². The molecule has 2 rings (SSSR count). The molecule has 5 nitrogen and oxygen atoms in total. The number of piperidine rings is 1. The highest BCUT2D eigenvalue weighted by molar-refractivity contribution is 5.75. The lowest BCUT2D eigenvalue weighted by Gasteiger charge is -2.42. The van der Waals surface area contributed by atoms with Gasteiger partial charge in [-0.1, -0.05) is 19.8 Å². The van der Waals surface area contributed by atoms with Crippen LogP contribution in [0.15, 0.2) is 0 Å². The molecule has 5 heteroatoms. The number of carbonyl (C=O) groups is 2. The molecule has 1 saturated heterocycles. The van der Waals surface area contributed by atoms with Gasteiger partial charge in [-0.3, -0.25) is 4.79 Å². The third-order valence-corrected chi connectivity index (χ3v) is 4.94. The summed E-state index contributed by atoms with van der Waals surface area (Å²) in [6.45, 7) is 4.09. The summed E-state index contributed by atoms with van der Waals surface area (Å²) in [5, 5.41) is 12.0. The van der Waals surface area contributed by atoms with Gasteiger partial charge in [0.05, 0.1) is 5.92 Å². The fourth-order valence-corrected chi connectivity index (χ4v) is 3.43. The van der Waals surface area contributed by atoms with Crippen LogP contribution >= 0.6 is 0 Å². The standard InChI is InChI=1S/C15H26N2O3/c1-2-6-15(7-3-8-15)11-16-14(20)17-9-4-12(5-10-17)13(18)19/h12H,2-11H2,1H3,(H,16,20)(H,18,19). The van der Waals surface area contributed by atoms with Gasteiger partial charge >= 0.3 is 12.0 Å². The maximum atomic E-state index is 12.1. The van der Waals surface area contributed by atoms with Crippen LogP contribution in [0.2, 0.25) is 0 Å². The first kappa shape index (κ1) is 15.1. The summed E-state index contributed by atoms with van der Waals surface area (Å²) in [5.41, 5.74) is 0.337. The first-order valence-electron chi connectivity index (χ1n) is 7.82. The number of aliphatic carboxylic acids is 1. The summed E-state index contributed by atoms with van der Waals surface area (Å²) < 4.78 is 0. The van der Waals surface area contributed by atoms with Gasteiger partial charge in [0.25, 0.3) is 0 Å². The Hall–Kier alpha value is -1.26. The molecule has 1 saturated carbocycles. The summed E-state index contributed by atoms with van der Waals surface area (Å²) in [4.78, 5) is 24.8. The zero-order chi connectivity index (χ0) is 14.6. The first-order valence-corrected chi connectivity index (χ1v) is 7.82. The second kappa shape index (κ2) is 6.46. The van der Waals surface area contributed by atoms with Crippen LogP contribution in [0, 0.1) is 11.3 Å². The average molecular weight is 282 g/mol. The van der Waals surface area contributed by atoms with Gasteiger partial charge in [0.2, 0.25) is 0 Å². The van der Waals surface area contributed by atoms with E-state index in [0.717, 1.165) is 6.54 Å². The minimum atomic E-state index is -0.735. The number of nitrogens with zero attached hydrogens (tertiary/aromatic N) is 1. The normalized spacial score (nSPS) is 22.1. The molecule has 0 aromatic heterocycles. The fourth-order valence-electron chi connectivity index (χ4n) is 3.43. The van der Waals surface area contributed by atoms with E-state index in [4.69, 9.17) is 5.11 Å². The predicted molar refractivity (Wildman–Crippen MR) is 76.5 cm³/mol. The molecule has 0 spiro atoms. The Morgan fingerprint density at radius 1 is 1.30 bits per heavy atom. The van der Waals surface area contributed by atoms with E-state index in [1.165, 1.54) is 32.1 Å². The second-order valence-electron chi connectivity index (χ2n) is 6.36. The van der Waals surface area contributed by atoms with Gasteiger partial charge < -0.3 is 15.3 Å². The predicted octanol–water partition coefficient (Wildman–Crippen LogP) is 2.46. The minimum Gasteiger partial charge on any atom is -0.481 e. The second-order valence-corrected chi connectivity index (χ2v) is 6.36. The highest BCUT2D eigenvalue weighted by Gasteiger charge is 2.36. The lowest BCUT2D eigenvalue weighted by molar-refractivity contribution is -0.143. The smallest absolute Gasteiger partial charge is 0.317 e. The van der Waals surface area contributed by atoms with Crippen LogP contribution in [0.1, 0.15) is 51.9 Å². The van der Waals surface area contributed by atoms with E-state index in [9.17, 15) is 9.59 Å². The molecule has 2 aliphatic rings. The van der Waals surface area contributed by atoms with Crippen molar-refractivity contribution in [1.82, 2.24) is 10.2 Å². The fraction of sp³-hybridized carbons (Fsp3) is 0.867. The molecule has 1 heterocycles. The lowest BCUT2D eigenvalue weighted by Crippen LogP contribution is -2.49. The number of urea groups is 1. The van der Waals surface area contributed by atoms with Crippen molar-refractivity contribution < 1.29 is 14.7 Å². The first-order chi connectivity index (χ1) is 9.56. The van der Waals surface area contributed by atoms with E-state index >= 15 is 0 Å². The number of carboxylic acid groups (broad SMARTS) is 1. The Balaban J connectivity index is 1.74. The number of likely N-dealkylation sites (tertiary alicyclic amines) is 1. The number of hydrogen-bond acceptors (Lipinski definition) is 2. The Kier molecular flexibility index (Phi) is 4.89. The van der Waals surface area contributed by atoms with Gasteiger partial charge in [0, 0.05) is 19.6 Å². The van der Waals surface area contributed by atoms with Crippen LogP contribution in [0.3, 0.4) is 0 Å². The zero-order valence-corrected chi connectivity index (χ0v) is 12.4. The Labute approximate surface area is 120 Å². The van der Waals surface area contributed by atoms with Gasteiger partial charge in [-0.15, -0.1) is 0 Å².